The van der Waals surface area contributed by atoms with E-state index in [4.69, 9.17) is 4.74 Å². The lowest BCUT2D eigenvalue weighted by atomic mass is 9.99. The van der Waals surface area contributed by atoms with E-state index in [-0.39, 0.29) is 17.7 Å². The summed E-state index contributed by atoms with van der Waals surface area (Å²) in [6, 6.07) is 25.2. The van der Waals surface area contributed by atoms with Gasteiger partial charge in [-0.3, -0.25) is 9.78 Å². The highest BCUT2D eigenvalue weighted by atomic mass is 19.1. The van der Waals surface area contributed by atoms with Crippen molar-refractivity contribution in [3.8, 4) is 11.1 Å². The van der Waals surface area contributed by atoms with Crippen molar-refractivity contribution < 1.29 is 18.7 Å². The second-order valence-electron chi connectivity index (χ2n) is 9.84. The van der Waals surface area contributed by atoms with E-state index in [0.717, 1.165) is 11.3 Å². The van der Waals surface area contributed by atoms with Crippen molar-refractivity contribution in [1.29, 1.82) is 0 Å². The third-order valence-corrected chi connectivity index (χ3v) is 5.64. The molecule has 0 aliphatic heterocycles. The summed E-state index contributed by atoms with van der Waals surface area (Å²) in [5, 5.41) is 6.15. The van der Waals surface area contributed by atoms with Crippen LogP contribution < -0.4 is 10.6 Å². The minimum absolute atomic E-state index is 0.285. The first-order valence-corrected chi connectivity index (χ1v) is 12.3. The number of hydrogen-bond donors (Lipinski definition) is 2. The summed E-state index contributed by atoms with van der Waals surface area (Å²) in [5.74, 6) is -0.997. The molecule has 0 aliphatic carbocycles. The van der Waals surface area contributed by atoms with Crippen molar-refractivity contribution >= 4 is 23.3 Å². The first-order valence-electron chi connectivity index (χ1n) is 12.3. The van der Waals surface area contributed by atoms with Crippen LogP contribution in [0.1, 0.15) is 36.8 Å². The van der Waals surface area contributed by atoms with Crippen molar-refractivity contribution in [1.82, 2.24) is 4.98 Å². The Labute approximate surface area is 221 Å². The first-order chi connectivity index (χ1) is 18.2. The van der Waals surface area contributed by atoms with Gasteiger partial charge in [0.1, 0.15) is 17.5 Å². The van der Waals surface area contributed by atoms with E-state index in [2.05, 4.69) is 15.6 Å². The Hall–Kier alpha value is -4.52. The van der Waals surface area contributed by atoms with Gasteiger partial charge < -0.3 is 15.4 Å². The Morgan fingerprint density at radius 2 is 1.53 bits per heavy atom. The quantitative estimate of drug-likeness (QED) is 0.264. The monoisotopic (exact) mass is 511 g/mol. The number of esters is 1. The van der Waals surface area contributed by atoms with Crippen molar-refractivity contribution in [3.05, 3.63) is 114 Å². The molecule has 0 bridgehead atoms. The molecule has 1 heterocycles. The van der Waals surface area contributed by atoms with Gasteiger partial charge in [-0.1, -0.05) is 36.4 Å². The molecule has 4 rings (SSSR count). The lowest BCUT2D eigenvalue weighted by Crippen LogP contribution is -2.38. The maximum atomic E-state index is 13.4. The number of rotatable bonds is 8. The molecular formula is C31H30FN3O3. The fraction of sp³-hybridized carbons (Fsp3) is 0.194. The molecule has 1 atom stereocenters. The van der Waals surface area contributed by atoms with Crippen LogP contribution in [0.5, 0.6) is 0 Å². The largest absolute Gasteiger partial charge is 0.458 e. The maximum Gasteiger partial charge on any atom is 0.329 e. The van der Waals surface area contributed by atoms with Gasteiger partial charge in [-0.15, -0.1) is 0 Å². The number of ether oxygens (including phenoxy) is 1. The van der Waals surface area contributed by atoms with Crippen molar-refractivity contribution in [2.24, 2.45) is 0 Å². The number of anilines is 2. The number of nitrogens with zero attached hydrogens (tertiary/aromatic N) is 1. The molecule has 1 aromatic heterocycles. The number of carbonyl (C=O) groups is 2. The normalized spacial score (nSPS) is 11.9. The number of amides is 1. The molecule has 0 radical (unpaired) electrons. The van der Waals surface area contributed by atoms with Crippen LogP contribution >= 0.6 is 0 Å². The average Bonchev–Trinajstić information content (AvgIpc) is 2.89. The molecule has 1 amide bonds. The number of benzene rings is 3. The summed E-state index contributed by atoms with van der Waals surface area (Å²) in [6.45, 7) is 5.48. The fourth-order valence-electron chi connectivity index (χ4n) is 3.91. The summed E-state index contributed by atoms with van der Waals surface area (Å²) >= 11 is 0. The van der Waals surface area contributed by atoms with Gasteiger partial charge >= 0.3 is 5.97 Å². The predicted octanol–water partition coefficient (Wildman–Crippen LogP) is 6.50. The smallest absolute Gasteiger partial charge is 0.329 e. The molecule has 194 valence electrons. The number of pyridine rings is 1. The van der Waals surface area contributed by atoms with Crippen molar-refractivity contribution in [2.45, 2.75) is 38.8 Å². The van der Waals surface area contributed by atoms with E-state index in [9.17, 15) is 14.0 Å². The van der Waals surface area contributed by atoms with E-state index in [1.54, 1.807) is 54.7 Å². The Kier molecular flexibility index (Phi) is 8.16. The Morgan fingerprint density at radius 3 is 2.18 bits per heavy atom. The molecule has 38 heavy (non-hydrogen) atoms. The van der Waals surface area contributed by atoms with Crippen LogP contribution in [-0.2, 0) is 16.0 Å². The third kappa shape index (κ3) is 7.26. The summed E-state index contributed by atoms with van der Waals surface area (Å²) < 4.78 is 19.0. The Bertz CT molecular complexity index is 1380. The molecule has 6 nitrogen and oxygen atoms in total. The standard InChI is InChI=1S/C31H30FN3O3/c1-31(2,3)38-30(37)28(20-25-8-6-7-19-33-25)34-23-15-17-24(18-16-23)35-29(36)27-10-5-4-9-26(27)21-11-13-22(32)14-12-21/h4-19,28,34H,20H2,1-3H3,(H,35,36). The molecule has 3 aromatic carbocycles. The average molecular weight is 512 g/mol. The van der Waals surface area contributed by atoms with Gasteiger partial charge in [-0.25, -0.2) is 9.18 Å². The highest BCUT2D eigenvalue weighted by molar-refractivity contribution is 6.08. The Morgan fingerprint density at radius 1 is 0.868 bits per heavy atom. The van der Waals surface area contributed by atoms with E-state index < -0.39 is 11.6 Å². The minimum atomic E-state index is -0.646. The topological polar surface area (TPSA) is 80.3 Å². The summed E-state index contributed by atoms with van der Waals surface area (Å²) in [7, 11) is 0. The summed E-state index contributed by atoms with van der Waals surface area (Å²) in [4.78, 5) is 30.3. The van der Waals surface area contributed by atoms with E-state index >= 15 is 0 Å². The lowest BCUT2D eigenvalue weighted by Gasteiger charge is -2.25. The van der Waals surface area contributed by atoms with Gasteiger partial charge in [-0.05, 0) is 86.5 Å². The molecule has 0 aliphatic rings. The molecule has 0 saturated heterocycles. The molecule has 0 spiro atoms. The van der Waals surface area contributed by atoms with Gasteiger partial charge in [0.15, 0.2) is 0 Å². The van der Waals surface area contributed by atoms with Gasteiger partial charge in [-0.2, -0.15) is 0 Å². The third-order valence-electron chi connectivity index (χ3n) is 5.64. The van der Waals surface area contributed by atoms with Crippen molar-refractivity contribution in [3.63, 3.8) is 0 Å². The van der Waals surface area contributed by atoms with Crippen LogP contribution in [0.25, 0.3) is 11.1 Å². The van der Waals surface area contributed by atoms with Crippen LogP contribution in [0.3, 0.4) is 0 Å². The fourth-order valence-corrected chi connectivity index (χ4v) is 3.91. The Balaban J connectivity index is 1.48. The molecule has 4 aromatic rings. The molecule has 7 heteroatoms. The second kappa shape index (κ2) is 11.7. The zero-order valence-electron chi connectivity index (χ0n) is 21.6. The zero-order chi connectivity index (χ0) is 27.1. The zero-order valence-corrected chi connectivity index (χ0v) is 21.6. The van der Waals surface area contributed by atoms with Gasteiger partial charge in [0, 0.05) is 35.2 Å². The minimum Gasteiger partial charge on any atom is -0.458 e. The van der Waals surface area contributed by atoms with Gasteiger partial charge in [0.2, 0.25) is 0 Å². The molecule has 0 saturated carbocycles. The number of hydrogen-bond acceptors (Lipinski definition) is 5. The van der Waals surface area contributed by atoms with Crippen LogP contribution in [-0.4, -0.2) is 28.5 Å². The number of aromatic nitrogens is 1. The second-order valence-corrected chi connectivity index (χ2v) is 9.84. The summed E-state index contributed by atoms with van der Waals surface area (Å²) in [5.41, 5.74) is 3.35. The van der Waals surface area contributed by atoms with Crippen LogP contribution in [0.4, 0.5) is 15.8 Å². The van der Waals surface area contributed by atoms with Crippen molar-refractivity contribution in [2.75, 3.05) is 10.6 Å². The molecular weight excluding hydrogens is 481 g/mol. The van der Waals surface area contributed by atoms with Gasteiger partial charge in [0.05, 0.1) is 0 Å². The maximum absolute atomic E-state index is 13.4. The number of halogens is 1. The number of carbonyl (C=O) groups excluding carboxylic acids is 2. The molecule has 1 unspecified atom stereocenters. The van der Waals surface area contributed by atoms with E-state index in [0.29, 0.717) is 28.9 Å². The molecule has 2 N–H and O–H groups in total. The summed E-state index contributed by atoms with van der Waals surface area (Å²) in [6.07, 6.45) is 2.04. The number of nitrogens with one attached hydrogen (secondary N) is 2. The SMILES string of the molecule is CC(C)(C)OC(=O)C(Cc1ccccn1)Nc1ccc(NC(=O)c2ccccc2-c2ccc(F)cc2)cc1. The van der Waals surface area contributed by atoms with Gasteiger partial charge in [0.25, 0.3) is 5.91 Å². The van der Waals surface area contributed by atoms with Crippen LogP contribution in [0.2, 0.25) is 0 Å². The first kappa shape index (κ1) is 26.5. The molecule has 0 fully saturated rings. The van der Waals surface area contributed by atoms with E-state index in [1.165, 1.54) is 12.1 Å². The lowest BCUT2D eigenvalue weighted by molar-refractivity contribution is -0.155. The highest BCUT2D eigenvalue weighted by Gasteiger charge is 2.26. The van der Waals surface area contributed by atoms with Crippen LogP contribution in [0, 0.1) is 5.82 Å². The van der Waals surface area contributed by atoms with E-state index in [1.807, 2.05) is 51.1 Å². The highest BCUT2D eigenvalue weighted by Crippen LogP contribution is 2.25. The van der Waals surface area contributed by atoms with Crippen LogP contribution in [0.15, 0.2) is 97.2 Å². The predicted molar refractivity (Wildman–Crippen MR) is 147 cm³/mol.